The van der Waals surface area contributed by atoms with Gasteiger partial charge < -0.3 is 30.7 Å². The number of anilines is 1. The monoisotopic (exact) mass is 458 g/mol. The molecular weight excluding hydrogens is 420 g/mol. The number of allylic oxidation sites excluding steroid dienone is 1. The summed E-state index contributed by atoms with van der Waals surface area (Å²) in [5.41, 5.74) is 3.71. The van der Waals surface area contributed by atoms with Gasteiger partial charge in [-0.15, -0.1) is 0 Å². The number of nitrogens with one attached hydrogen (secondary N) is 3. The molecule has 182 valence electrons. The second kappa shape index (κ2) is 11.1. The third-order valence-electron chi connectivity index (χ3n) is 6.17. The topological polar surface area (TPSA) is 107 Å². The van der Waals surface area contributed by atoms with Gasteiger partial charge in [-0.25, -0.2) is 4.79 Å². The number of benzene rings is 1. The van der Waals surface area contributed by atoms with Crippen LogP contribution in [-0.4, -0.2) is 67.1 Å². The summed E-state index contributed by atoms with van der Waals surface area (Å²) in [5, 5.41) is 25.0. The maximum Gasteiger partial charge on any atom is 0.407 e. The van der Waals surface area contributed by atoms with Crippen LogP contribution in [0.15, 0.2) is 24.3 Å². The highest BCUT2D eigenvalue weighted by molar-refractivity contribution is 5.88. The van der Waals surface area contributed by atoms with Gasteiger partial charge in [0.15, 0.2) is 0 Å². The summed E-state index contributed by atoms with van der Waals surface area (Å²) in [5.74, 6) is -0.00844. The van der Waals surface area contributed by atoms with Crippen LogP contribution in [0.3, 0.4) is 0 Å². The molecule has 1 aliphatic heterocycles. The average molecular weight is 459 g/mol. The third kappa shape index (κ3) is 7.28. The van der Waals surface area contributed by atoms with Crippen molar-refractivity contribution in [3.05, 3.63) is 35.4 Å². The first kappa shape index (κ1) is 25.2. The number of alkyl carbamates (subject to hydrolysis) is 1. The molecule has 8 nitrogen and oxygen atoms in total. The zero-order valence-corrected chi connectivity index (χ0v) is 20.2. The first-order valence-corrected chi connectivity index (χ1v) is 11.7. The SMILES string of the molecule is CNc1ccc(C2=CCC(OCC3CN(O)CCC3NC(=O)OC(C)(C)C)CC2)cc1C=N. The van der Waals surface area contributed by atoms with Crippen LogP contribution in [0.25, 0.3) is 5.57 Å². The van der Waals surface area contributed by atoms with E-state index in [-0.39, 0.29) is 18.1 Å². The molecule has 1 fully saturated rings. The standard InChI is InChI=1S/C25H38N4O4/c1-25(2,3)33-24(30)28-23-11-12-29(31)15-20(23)16-32-21-8-5-17(6-9-21)18-7-10-22(27-4)19(13-18)14-26/h5,7,10,13-14,20-21,23,26-27,31H,6,8-9,11-12,15-16H2,1-4H3,(H,28,30). The van der Waals surface area contributed by atoms with Gasteiger partial charge in [0.1, 0.15) is 5.60 Å². The highest BCUT2D eigenvalue weighted by Crippen LogP contribution is 2.31. The Morgan fingerprint density at radius 1 is 1.33 bits per heavy atom. The Labute approximate surface area is 196 Å². The van der Waals surface area contributed by atoms with Crippen molar-refractivity contribution < 1.29 is 19.5 Å². The Morgan fingerprint density at radius 3 is 2.76 bits per heavy atom. The van der Waals surface area contributed by atoms with Crippen molar-refractivity contribution in [2.45, 2.75) is 64.2 Å². The predicted octanol–water partition coefficient (Wildman–Crippen LogP) is 4.28. The van der Waals surface area contributed by atoms with E-state index in [1.807, 2.05) is 33.9 Å². The van der Waals surface area contributed by atoms with Crippen LogP contribution < -0.4 is 10.6 Å². The van der Waals surface area contributed by atoms with E-state index in [4.69, 9.17) is 14.9 Å². The Kier molecular flexibility index (Phi) is 8.51. The molecule has 0 saturated carbocycles. The first-order chi connectivity index (χ1) is 15.7. The summed E-state index contributed by atoms with van der Waals surface area (Å²) < 4.78 is 11.6. The molecule has 1 saturated heterocycles. The van der Waals surface area contributed by atoms with E-state index in [9.17, 15) is 10.0 Å². The van der Waals surface area contributed by atoms with E-state index in [2.05, 4.69) is 28.8 Å². The number of amides is 1. The van der Waals surface area contributed by atoms with Crippen molar-refractivity contribution in [3.63, 3.8) is 0 Å². The molecule has 1 aliphatic carbocycles. The van der Waals surface area contributed by atoms with E-state index in [1.54, 1.807) is 0 Å². The van der Waals surface area contributed by atoms with Crippen LogP contribution in [0.4, 0.5) is 10.5 Å². The summed E-state index contributed by atoms with van der Waals surface area (Å²) in [6.45, 7) is 6.97. The minimum absolute atomic E-state index is 0.00844. The number of hydrogen-bond acceptors (Lipinski definition) is 7. The van der Waals surface area contributed by atoms with E-state index in [1.165, 1.54) is 16.9 Å². The van der Waals surface area contributed by atoms with Gasteiger partial charge in [0, 0.05) is 49.6 Å². The van der Waals surface area contributed by atoms with Crippen LogP contribution in [0.2, 0.25) is 0 Å². The van der Waals surface area contributed by atoms with Crippen LogP contribution >= 0.6 is 0 Å². The molecule has 3 unspecified atom stereocenters. The quantitative estimate of drug-likeness (QED) is 0.454. The molecule has 1 aromatic carbocycles. The second-order valence-corrected chi connectivity index (χ2v) is 9.87. The van der Waals surface area contributed by atoms with Gasteiger partial charge in [-0.05, 0) is 69.7 Å². The van der Waals surface area contributed by atoms with Crippen LogP contribution in [0.5, 0.6) is 0 Å². The smallest absolute Gasteiger partial charge is 0.407 e. The predicted molar refractivity (Wildman–Crippen MR) is 130 cm³/mol. The maximum absolute atomic E-state index is 12.2. The highest BCUT2D eigenvalue weighted by atomic mass is 16.6. The lowest BCUT2D eigenvalue weighted by Gasteiger charge is -2.37. The molecule has 0 radical (unpaired) electrons. The van der Waals surface area contributed by atoms with Gasteiger partial charge in [0.25, 0.3) is 0 Å². The number of nitrogens with zero attached hydrogens (tertiary/aromatic N) is 1. The molecule has 2 aliphatic rings. The van der Waals surface area contributed by atoms with E-state index >= 15 is 0 Å². The van der Waals surface area contributed by atoms with Gasteiger partial charge in [-0.3, -0.25) is 0 Å². The van der Waals surface area contributed by atoms with E-state index in [0.29, 0.717) is 26.1 Å². The minimum Gasteiger partial charge on any atom is -0.444 e. The molecule has 0 aromatic heterocycles. The van der Waals surface area contributed by atoms with Gasteiger partial charge in [0.2, 0.25) is 0 Å². The molecule has 8 heteroatoms. The fourth-order valence-electron chi connectivity index (χ4n) is 4.42. The number of hydroxylamine groups is 2. The summed E-state index contributed by atoms with van der Waals surface area (Å²) in [7, 11) is 1.86. The maximum atomic E-state index is 12.2. The highest BCUT2D eigenvalue weighted by Gasteiger charge is 2.32. The Balaban J connectivity index is 1.55. The largest absolute Gasteiger partial charge is 0.444 e. The summed E-state index contributed by atoms with van der Waals surface area (Å²) in [6, 6.07) is 6.07. The molecule has 1 aromatic rings. The average Bonchev–Trinajstić information content (AvgIpc) is 2.77. The Bertz CT molecular complexity index is 864. The van der Waals surface area contributed by atoms with Gasteiger partial charge >= 0.3 is 6.09 Å². The third-order valence-corrected chi connectivity index (χ3v) is 6.17. The zero-order valence-electron chi connectivity index (χ0n) is 20.2. The van der Waals surface area contributed by atoms with Crippen molar-refractivity contribution in [2.75, 3.05) is 32.1 Å². The molecule has 3 rings (SSSR count). The number of hydrogen-bond donors (Lipinski definition) is 4. The van der Waals surface area contributed by atoms with E-state index < -0.39 is 11.7 Å². The number of carbonyl (C=O) groups excluding carboxylic acids is 1. The number of ether oxygens (including phenoxy) is 2. The Morgan fingerprint density at radius 2 is 2.12 bits per heavy atom. The van der Waals surface area contributed by atoms with Crippen molar-refractivity contribution in [3.8, 4) is 0 Å². The molecular formula is C25H38N4O4. The zero-order chi connectivity index (χ0) is 24.0. The first-order valence-electron chi connectivity index (χ1n) is 11.7. The molecule has 1 heterocycles. The van der Waals surface area contributed by atoms with Crippen molar-refractivity contribution in [1.29, 1.82) is 5.41 Å². The van der Waals surface area contributed by atoms with Gasteiger partial charge in [-0.2, -0.15) is 5.06 Å². The lowest BCUT2D eigenvalue weighted by molar-refractivity contribution is -0.135. The van der Waals surface area contributed by atoms with Crippen LogP contribution in [-0.2, 0) is 9.47 Å². The Hall–Kier alpha value is -2.42. The molecule has 33 heavy (non-hydrogen) atoms. The van der Waals surface area contributed by atoms with Crippen LogP contribution in [0, 0.1) is 11.3 Å². The summed E-state index contributed by atoms with van der Waals surface area (Å²) in [4.78, 5) is 12.2. The summed E-state index contributed by atoms with van der Waals surface area (Å²) in [6.07, 6.45) is 6.59. The molecule has 4 N–H and O–H groups in total. The van der Waals surface area contributed by atoms with Crippen molar-refractivity contribution >= 4 is 23.6 Å². The lowest BCUT2D eigenvalue weighted by Crippen LogP contribution is -2.52. The van der Waals surface area contributed by atoms with Crippen molar-refractivity contribution in [2.24, 2.45) is 5.92 Å². The molecule has 0 spiro atoms. The van der Waals surface area contributed by atoms with Crippen molar-refractivity contribution in [1.82, 2.24) is 10.4 Å². The number of carbonyl (C=O) groups is 1. The molecule has 3 atom stereocenters. The second-order valence-electron chi connectivity index (χ2n) is 9.87. The lowest BCUT2D eigenvalue weighted by atomic mass is 9.90. The fourth-order valence-corrected chi connectivity index (χ4v) is 4.42. The number of rotatable bonds is 7. The minimum atomic E-state index is -0.549. The van der Waals surface area contributed by atoms with Crippen LogP contribution in [0.1, 0.15) is 57.6 Å². The van der Waals surface area contributed by atoms with E-state index in [0.717, 1.165) is 36.1 Å². The number of piperidine rings is 1. The normalized spacial score (nSPS) is 24.0. The van der Waals surface area contributed by atoms with Gasteiger partial charge in [0.05, 0.1) is 12.7 Å². The molecule has 1 amide bonds. The van der Waals surface area contributed by atoms with Gasteiger partial charge in [-0.1, -0.05) is 12.1 Å². The summed E-state index contributed by atoms with van der Waals surface area (Å²) >= 11 is 0. The molecule has 0 bridgehead atoms. The fraction of sp³-hybridized carbons (Fsp3) is 0.600.